The molecule has 0 aliphatic rings. The van der Waals surface area contributed by atoms with Gasteiger partial charge in [-0.25, -0.2) is 13.1 Å². The fourth-order valence-electron chi connectivity index (χ4n) is 1.79. The standard InChI is InChI=1S/C13H22N2O2S/c1-3-5-12(4-2)15-18(16,17)13-8-6-11(10-14)7-9-13/h6-9,12,15H,3-5,10,14H2,1-2H3. The van der Waals surface area contributed by atoms with E-state index in [9.17, 15) is 8.42 Å². The monoisotopic (exact) mass is 270 g/mol. The van der Waals surface area contributed by atoms with Gasteiger partial charge < -0.3 is 5.73 Å². The van der Waals surface area contributed by atoms with Gasteiger partial charge >= 0.3 is 0 Å². The molecule has 5 heteroatoms. The van der Waals surface area contributed by atoms with E-state index in [1.165, 1.54) is 0 Å². The fourth-order valence-corrected chi connectivity index (χ4v) is 3.14. The number of nitrogens with one attached hydrogen (secondary N) is 1. The Morgan fingerprint density at radius 2 is 1.83 bits per heavy atom. The van der Waals surface area contributed by atoms with Crippen molar-refractivity contribution in [2.24, 2.45) is 5.73 Å². The molecule has 0 aliphatic carbocycles. The van der Waals surface area contributed by atoms with E-state index in [0.717, 1.165) is 24.8 Å². The van der Waals surface area contributed by atoms with Gasteiger partial charge in [0.15, 0.2) is 0 Å². The summed E-state index contributed by atoms with van der Waals surface area (Å²) < 4.78 is 27.0. The Bertz CT molecular complexity index is 454. The molecule has 4 nitrogen and oxygen atoms in total. The minimum Gasteiger partial charge on any atom is -0.326 e. The van der Waals surface area contributed by atoms with Crippen molar-refractivity contribution in [2.75, 3.05) is 0 Å². The molecule has 0 aromatic heterocycles. The summed E-state index contributed by atoms with van der Waals surface area (Å²) in [7, 11) is -3.41. The van der Waals surface area contributed by atoms with E-state index in [1.807, 2.05) is 13.8 Å². The van der Waals surface area contributed by atoms with Crippen molar-refractivity contribution in [3.8, 4) is 0 Å². The van der Waals surface area contributed by atoms with Crippen LogP contribution in [0.25, 0.3) is 0 Å². The molecule has 0 fully saturated rings. The molecule has 3 N–H and O–H groups in total. The van der Waals surface area contributed by atoms with Crippen LogP contribution in [-0.2, 0) is 16.6 Å². The van der Waals surface area contributed by atoms with Crippen molar-refractivity contribution < 1.29 is 8.42 Å². The van der Waals surface area contributed by atoms with Crippen molar-refractivity contribution in [3.05, 3.63) is 29.8 Å². The van der Waals surface area contributed by atoms with E-state index in [0.29, 0.717) is 11.4 Å². The van der Waals surface area contributed by atoms with Gasteiger partial charge in [0.05, 0.1) is 4.90 Å². The summed E-state index contributed by atoms with van der Waals surface area (Å²) in [4.78, 5) is 0.300. The van der Waals surface area contributed by atoms with Crippen LogP contribution in [0.1, 0.15) is 38.7 Å². The highest BCUT2D eigenvalue weighted by Gasteiger charge is 2.18. The molecule has 0 aliphatic heterocycles. The molecule has 0 saturated heterocycles. The van der Waals surface area contributed by atoms with Crippen LogP contribution in [-0.4, -0.2) is 14.5 Å². The second-order valence-corrected chi connectivity index (χ2v) is 6.08. The minimum absolute atomic E-state index is 0.00850. The van der Waals surface area contributed by atoms with E-state index in [-0.39, 0.29) is 6.04 Å². The number of benzene rings is 1. The second-order valence-electron chi connectivity index (χ2n) is 4.36. The van der Waals surface area contributed by atoms with Gasteiger partial charge in [0.25, 0.3) is 0 Å². The van der Waals surface area contributed by atoms with Crippen LogP contribution in [0.5, 0.6) is 0 Å². The molecule has 1 aromatic carbocycles. The molecule has 0 radical (unpaired) electrons. The summed E-state index contributed by atoms with van der Waals surface area (Å²) in [6, 6.07) is 6.70. The van der Waals surface area contributed by atoms with Gasteiger partial charge in [-0.15, -0.1) is 0 Å². The maximum absolute atomic E-state index is 12.1. The van der Waals surface area contributed by atoms with Crippen LogP contribution >= 0.6 is 0 Å². The summed E-state index contributed by atoms with van der Waals surface area (Å²) in [5, 5.41) is 0. The summed E-state index contributed by atoms with van der Waals surface area (Å²) in [5.74, 6) is 0. The first-order chi connectivity index (χ1) is 8.53. The maximum Gasteiger partial charge on any atom is 0.240 e. The highest BCUT2D eigenvalue weighted by Crippen LogP contribution is 2.13. The lowest BCUT2D eigenvalue weighted by atomic mass is 10.1. The normalized spacial score (nSPS) is 13.5. The largest absolute Gasteiger partial charge is 0.326 e. The summed E-state index contributed by atoms with van der Waals surface area (Å²) >= 11 is 0. The third kappa shape index (κ3) is 4.08. The predicted molar refractivity (Wildman–Crippen MR) is 73.6 cm³/mol. The average molecular weight is 270 g/mol. The molecule has 1 aromatic rings. The van der Waals surface area contributed by atoms with Gasteiger partial charge in [-0.3, -0.25) is 0 Å². The van der Waals surface area contributed by atoms with E-state index in [1.54, 1.807) is 24.3 Å². The van der Waals surface area contributed by atoms with Gasteiger partial charge in [0.1, 0.15) is 0 Å². The van der Waals surface area contributed by atoms with E-state index < -0.39 is 10.0 Å². The van der Waals surface area contributed by atoms with Crippen LogP contribution in [0.2, 0.25) is 0 Å². The van der Waals surface area contributed by atoms with E-state index >= 15 is 0 Å². The molecule has 102 valence electrons. The highest BCUT2D eigenvalue weighted by molar-refractivity contribution is 7.89. The van der Waals surface area contributed by atoms with Crippen LogP contribution < -0.4 is 10.5 Å². The average Bonchev–Trinajstić information content (AvgIpc) is 2.38. The van der Waals surface area contributed by atoms with Crippen LogP contribution in [0.15, 0.2) is 29.2 Å². The molecule has 1 rings (SSSR count). The molecule has 0 bridgehead atoms. The minimum atomic E-state index is -3.41. The molecule has 0 spiro atoms. The Morgan fingerprint density at radius 3 is 2.28 bits per heavy atom. The smallest absolute Gasteiger partial charge is 0.240 e. The van der Waals surface area contributed by atoms with Gasteiger partial charge in [-0.1, -0.05) is 32.4 Å². The van der Waals surface area contributed by atoms with E-state index in [4.69, 9.17) is 5.73 Å². The topological polar surface area (TPSA) is 72.2 Å². The van der Waals surface area contributed by atoms with Crippen molar-refractivity contribution in [3.63, 3.8) is 0 Å². The van der Waals surface area contributed by atoms with Crippen LogP contribution in [0.4, 0.5) is 0 Å². The lowest BCUT2D eigenvalue weighted by molar-refractivity contribution is 0.512. The zero-order valence-corrected chi connectivity index (χ0v) is 11.8. The molecular formula is C13H22N2O2S. The first-order valence-corrected chi connectivity index (χ1v) is 7.83. The van der Waals surface area contributed by atoms with E-state index in [2.05, 4.69) is 4.72 Å². The Labute approximate surface area is 110 Å². The highest BCUT2D eigenvalue weighted by atomic mass is 32.2. The van der Waals surface area contributed by atoms with Gasteiger partial charge in [0.2, 0.25) is 10.0 Å². The Kier molecular flexibility index (Phi) is 5.78. The SMILES string of the molecule is CCCC(CC)NS(=O)(=O)c1ccc(CN)cc1. The summed E-state index contributed by atoms with van der Waals surface area (Å²) in [6.07, 6.45) is 2.62. The molecule has 0 amide bonds. The predicted octanol–water partition coefficient (Wildman–Crippen LogP) is 2.00. The van der Waals surface area contributed by atoms with Crippen molar-refractivity contribution in [1.82, 2.24) is 4.72 Å². The first kappa shape index (κ1) is 15.1. The molecule has 0 heterocycles. The fraction of sp³-hybridized carbons (Fsp3) is 0.538. The summed E-state index contributed by atoms with van der Waals surface area (Å²) in [6.45, 7) is 4.45. The Balaban J connectivity index is 2.84. The number of hydrogen-bond acceptors (Lipinski definition) is 3. The number of hydrogen-bond donors (Lipinski definition) is 2. The van der Waals surface area contributed by atoms with Crippen molar-refractivity contribution in [1.29, 1.82) is 0 Å². The van der Waals surface area contributed by atoms with Crippen LogP contribution in [0, 0.1) is 0 Å². The Morgan fingerprint density at radius 1 is 1.22 bits per heavy atom. The van der Waals surface area contributed by atoms with Crippen molar-refractivity contribution in [2.45, 2.75) is 50.6 Å². The molecular weight excluding hydrogens is 248 g/mol. The van der Waals surface area contributed by atoms with Gasteiger partial charge in [-0.05, 0) is 30.5 Å². The maximum atomic E-state index is 12.1. The quantitative estimate of drug-likeness (QED) is 0.796. The third-order valence-corrected chi connectivity index (χ3v) is 4.46. The second kappa shape index (κ2) is 6.87. The van der Waals surface area contributed by atoms with Crippen molar-refractivity contribution >= 4 is 10.0 Å². The zero-order valence-electron chi connectivity index (χ0n) is 11.0. The van der Waals surface area contributed by atoms with Gasteiger partial charge in [0, 0.05) is 12.6 Å². The van der Waals surface area contributed by atoms with Gasteiger partial charge in [-0.2, -0.15) is 0 Å². The lowest BCUT2D eigenvalue weighted by Crippen LogP contribution is -2.34. The Hall–Kier alpha value is -0.910. The van der Waals surface area contributed by atoms with Crippen LogP contribution in [0.3, 0.4) is 0 Å². The summed E-state index contributed by atoms with van der Waals surface area (Å²) in [5.41, 5.74) is 6.41. The zero-order chi connectivity index (χ0) is 13.6. The third-order valence-electron chi connectivity index (χ3n) is 2.92. The number of rotatable bonds is 7. The lowest BCUT2D eigenvalue weighted by Gasteiger charge is -2.16. The molecule has 1 unspecified atom stereocenters. The molecule has 0 saturated carbocycles. The molecule has 1 atom stereocenters. The first-order valence-electron chi connectivity index (χ1n) is 6.34. The number of sulfonamides is 1. The molecule has 18 heavy (non-hydrogen) atoms. The number of nitrogens with two attached hydrogens (primary N) is 1.